The zero-order valence-corrected chi connectivity index (χ0v) is 13.9. The van der Waals surface area contributed by atoms with Crippen LogP contribution in [0, 0.1) is 0 Å². The summed E-state index contributed by atoms with van der Waals surface area (Å²) in [4.78, 5) is 19.3. The number of rotatable bonds is 2. The summed E-state index contributed by atoms with van der Waals surface area (Å²) in [5.41, 5.74) is 2.70. The topological polar surface area (TPSA) is 83.2 Å². The van der Waals surface area contributed by atoms with Crippen molar-refractivity contribution in [2.24, 2.45) is 0 Å². The maximum absolute atomic E-state index is 10.9. The van der Waals surface area contributed by atoms with Gasteiger partial charge in [0, 0.05) is 32.1 Å². The van der Waals surface area contributed by atoms with Crippen molar-refractivity contribution < 1.29 is 14.6 Å². The van der Waals surface area contributed by atoms with E-state index in [1.807, 2.05) is 6.07 Å². The van der Waals surface area contributed by atoms with E-state index in [1.54, 1.807) is 10.7 Å². The van der Waals surface area contributed by atoms with Crippen LogP contribution >= 0.6 is 15.9 Å². The number of fused-ring (bicyclic) bond motifs is 1. The second-order valence-electron chi connectivity index (χ2n) is 5.72. The molecule has 0 spiro atoms. The zero-order valence-electron chi connectivity index (χ0n) is 12.4. The van der Waals surface area contributed by atoms with Gasteiger partial charge in [-0.2, -0.15) is 5.10 Å². The molecule has 0 aliphatic carbocycles. The summed E-state index contributed by atoms with van der Waals surface area (Å²) in [6, 6.07) is 1.97. The third kappa shape index (κ3) is 2.43. The van der Waals surface area contributed by atoms with Crippen LogP contribution in [0.4, 0.5) is 10.5 Å². The number of aromatic nitrogens is 3. The molecule has 0 saturated carbocycles. The van der Waals surface area contributed by atoms with Gasteiger partial charge in [0.25, 0.3) is 0 Å². The van der Waals surface area contributed by atoms with E-state index in [9.17, 15) is 4.79 Å². The van der Waals surface area contributed by atoms with Crippen molar-refractivity contribution in [2.75, 3.05) is 44.3 Å². The van der Waals surface area contributed by atoms with Crippen LogP contribution in [0.5, 0.6) is 0 Å². The van der Waals surface area contributed by atoms with Gasteiger partial charge in [0.05, 0.1) is 30.8 Å². The molecule has 0 aromatic carbocycles. The van der Waals surface area contributed by atoms with Crippen molar-refractivity contribution in [3.63, 3.8) is 0 Å². The maximum atomic E-state index is 10.9. The van der Waals surface area contributed by atoms with E-state index < -0.39 is 6.09 Å². The average Bonchev–Trinajstić information content (AvgIpc) is 2.84. The lowest BCUT2D eigenvalue weighted by Crippen LogP contribution is -2.48. The number of morpholine rings is 1. The van der Waals surface area contributed by atoms with Gasteiger partial charge in [0.1, 0.15) is 4.60 Å². The molecule has 0 bridgehead atoms. The third-order valence-corrected chi connectivity index (χ3v) is 5.10. The molecule has 2 aliphatic heterocycles. The molecule has 2 saturated heterocycles. The van der Waals surface area contributed by atoms with E-state index in [4.69, 9.17) is 14.8 Å². The van der Waals surface area contributed by atoms with Crippen molar-refractivity contribution in [3.8, 4) is 0 Å². The number of halogens is 1. The minimum Gasteiger partial charge on any atom is -0.465 e. The Morgan fingerprint density at radius 3 is 2.78 bits per heavy atom. The van der Waals surface area contributed by atoms with Crippen molar-refractivity contribution in [1.82, 2.24) is 19.5 Å². The first kappa shape index (κ1) is 14.7. The molecule has 1 amide bonds. The SMILES string of the molecule is O=C(O)N1CC(c2nc3c(N4CCOCC4)ccnn3c2Br)C1. The van der Waals surface area contributed by atoms with Gasteiger partial charge < -0.3 is 19.6 Å². The van der Waals surface area contributed by atoms with Crippen molar-refractivity contribution >= 4 is 33.4 Å². The predicted molar refractivity (Wildman–Crippen MR) is 86.1 cm³/mol. The highest BCUT2D eigenvalue weighted by atomic mass is 79.9. The quantitative estimate of drug-likeness (QED) is 0.846. The summed E-state index contributed by atoms with van der Waals surface area (Å²) in [7, 11) is 0. The number of hydrogen-bond acceptors (Lipinski definition) is 5. The van der Waals surface area contributed by atoms with Crippen LogP contribution in [0.3, 0.4) is 0 Å². The summed E-state index contributed by atoms with van der Waals surface area (Å²) in [6.07, 6.45) is 0.881. The van der Waals surface area contributed by atoms with E-state index in [2.05, 4.69) is 25.9 Å². The minimum atomic E-state index is -0.881. The summed E-state index contributed by atoms with van der Waals surface area (Å²) >= 11 is 3.57. The molecule has 23 heavy (non-hydrogen) atoms. The predicted octanol–water partition coefficient (Wildman–Crippen LogP) is 1.41. The lowest BCUT2D eigenvalue weighted by atomic mass is 9.98. The van der Waals surface area contributed by atoms with Gasteiger partial charge in [-0.3, -0.25) is 0 Å². The Kier molecular flexibility index (Phi) is 3.61. The molecule has 2 aromatic rings. The Morgan fingerprint density at radius 1 is 1.35 bits per heavy atom. The first-order valence-electron chi connectivity index (χ1n) is 7.49. The summed E-state index contributed by atoms with van der Waals surface area (Å²) in [5.74, 6) is 0.111. The molecule has 4 rings (SSSR count). The normalized spacial score (nSPS) is 19.2. The standard InChI is InChI=1S/C14H16BrN5O3/c15-12-11(9-7-19(8-9)14(21)22)17-13-10(1-2-16-20(12)13)18-3-5-23-6-4-18/h1-2,9H,3-8H2,(H,21,22). The lowest BCUT2D eigenvalue weighted by molar-refractivity contribution is 0.104. The maximum Gasteiger partial charge on any atom is 0.407 e. The van der Waals surface area contributed by atoms with E-state index in [-0.39, 0.29) is 5.92 Å². The lowest BCUT2D eigenvalue weighted by Gasteiger charge is -2.36. The highest BCUT2D eigenvalue weighted by Crippen LogP contribution is 2.34. The van der Waals surface area contributed by atoms with Gasteiger partial charge in [0.2, 0.25) is 0 Å². The second kappa shape index (κ2) is 5.64. The molecule has 8 nitrogen and oxygen atoms in total. The number of imidazole rings is 1. The molecular weight excluding hydrogens is 366 g/mol. The van der Waals surface area contributed by atoms with Crippen LogP contribution < -0.4 is 4.90 Å². The summed E-state index contributed by atoms with van der Waals surface area (Å²) < 4.78 is 7.99. The van der Waals surface area contributed by atoms with E-state index in [0.29, 0.717) is 26.3 Å². The van der Waals surface area contributed by atoms with E-state index in [1.165, 1.54) is 4.90 Å². The Balaban J connectivity index is 1.68. The number of nitrogens with zero attached hydrogens (tertiary/aromatic N) is 5. The molecular formula is C14H16BrN5O3. The molecule has 0 radical (unpaired) electrons. The highest BCUT2D eigenvalue weighted by Gasteiger charge is 2.35. The van der Waals surface area contributed by atoms with Gasteiger partial charge >= 0.3 is 6.09 Å². The van der Waals surface area contributed by atoms with Crippen LogP contribution in [-0.2, 0) is 4.74 Å². The van der Waals surface area contributed by atoms with Gasteiger partial charge in [0.15, 0.2) is 5.65 Å². The molecule has 9 heteroatoms. The molecule has 0 unspecified atom stereocenters. The number of carboxylic acid groups (broad SMARTS) is 1. The summed E-state index contributed by atoms with van der Waals surface area (Å²) in [6.45, 7) is 4.03. The number of anilines is 1. The fourth-order valence-electron chi connectivity index (χ4n) is 3.04. The van der Waals surface area contributed by atoms with Crippen LogP contribution in [0.15, 0.2) is 16.9 Å². The Bertz CT molecular complexity index is 752. The van der Waals surface area contributed by atoms with Gasteiger partial charge in [-0.15, -0.1) is 0 Å². The molecule has 122 valence electrons. The second-order valence-corrected chi connectivity index (χ2v) is 6.47. The van der Waals surface area contributed by atoms with Crippen LogP contribution in [0.25, 0.3) is 5.65 Å². The minimum absolute atomic E-state index is 0.111. The largest absolute Gasteiger partial charge is 0.465 e. The highest BCUT2D eigenvalue weighted by molar-refractivity contribution is 9.10. The molecule has 4 heterocycles. The van der Waals surface area contributed by atoms with Gasteiger partial charge in [-0.25, -0.2) is 14.3 Å². The smallest absolute Gasteiger partial charge is 0.407 e. The van der Waals surface area contributed by atoms with Crippen molar-refractivity contribution in [1.29, 1.82) is 0 Å². The molecule has 2 fully saturated rings. The number of likely N-dealkylation sites (tertiary alicyclic amines) is 1. The third-order valence-electron chi connectivity index (χ3n) is 4.36. The first-order valence-corrected chi connectivity index (χ1v) is 8.28. The van der Waals surface area contributed by atoms with Crippen LogP contribution in [-0.4, -0.2) is 70.1 Å². The van der Waals surface area contributed by atoms with Gasteiger partial charge in [-0.1, -0.05) is 0 Å². The Labute approximate surface area is 140 Å². The van der Waals surface area contributed by atoms with Crippen LogP contribution in [0.1, 0.15) is 11.6 Å². The molecule has 2 aliphatic rings. The Hall–Kier alpha value is -1.87. The van der Waals surface area contributed by atoms with Crippen molar-refractivity contribution in [2.45, 2.75) is 5.92 Å². The van der Waals surface area contributed by atoms with E-state index >= 15 is 0 Å². The molecule has 2 aromatic heterocycles. The van der Waals surface area contributed by atoms with Crippen molar-refractivity contribution in [3.05, 3.63) is 22.6 Å². The van der Waals surface area contributed by atoms with Crippen LogP contribution in [0.2, 0.25) is 0 Å². The molecule has 0 atom stereocenters. The summed E-state index contributed by atoms with van der Waals surface area (Å²) in [5, 5.41) is 13.4. The first-order chi connectivity index (χ1) is 11.1. The monoisotopic (exact) mass is 381 g/mol. The zero-order chi connectivity index (χ0) is 16.0. The molecule has 1 N–H and O–H groups in total. The average molecular weight is 382 g/mol. The fraction of sp³-hybridized carbons (Fsp3) is 0.500. The number of hydrogen-bond donors (Lipinski definition) is 1. The number of ether oxygens (including phenoxy) is 1. The Morgan fingerprint density at radius 2 is 2.09 bits per heavy atom. The van der Waals surface area contributed by atoms with E-state index in [0.717, 1.165) is 34.7 Å². The van der Waals surface area contributed by atoms with Gasteiger partial charge in [-0.05, 0) is 22.0 Å². The number of amides is 1. The fourth-order valence-corrected chi connectivity index (χ4v) is 3.72. The number of carbonyl (C=O) groups is 1.